The Morgan fingerprint density at radius 3 is 2.38 bits per heavy atom. The summed E-state index contributed by atoms with van der Waals surface area (Å²) in [6.07, 6.45) is 4.13. The number of amides is 2. The lowest BCUT2D eigenvalue weighted by Crippen LogP contribution is -2.32. The molecule has 0 aromatic heterocycles. The van der Waals surface area contributed by atoms with Crippen LogP contribution in [-0.2, 0) is 14.4 Å². The van der Waals surface area contributed by atoms with Gasteiger partial charge in [-0.15, -0.1) is 0 Å². The first-order valence-corrected chi connectivity index (χ1v) is 10.2. The van der Waals surface area contributed by atoms with Crippen LogP contribution < -0.4 is 9.64 Å². The highest BCUT2D eigenvalue weighted by Crippen LogP contribution is 2.39. The number of aliphatic carboxylic acids is 1. The molecule has 29 heavy (non-hydrogen) atoms. The molecule has 0 saturated heterocycles. The Kier molecular flexibility index (Phi) is 6.57. The van der Waals surface area contributed by atoms with Gasteiger partial charge in [0.1, 0.15) is 11.6 Å². The second-order valence-corrected chi connectivity index (χ2v) is 7.69. The number of halogens is 2. The molecule has 156 valence electrons. The number of carboxylic acids is 1. The smallest absolute Gasteiger partial charge is 0.344 e. The van der Waals surface area contributed by atoms with E-state index in [0.29, 0.717) is 30.4 Å². The molecule has 2 amide bonds. The van der Waals surface area contributed by atoms with Crippen LogP contribution in [0.4, 0.5) is 10.1 Å². The number of anilines is 1. The zero-order valence-corrected chi connectivity index (χ0v) is 16.9. The van der Waals surface area contributed by atoms with Crippen LogP contribution in [0.3, 0.4) is 0 Å². The van der Waals surface area contributed by atoms with Gasteiger partial charge in [0, 0.05) is 17.2 Å². The summed E-state index contributed by atoms with van der Waals surface area (Å²) in [4.78, 5) is 37.8. The molecule has 1 aliphatic carbocycles. The summed E-state index contributed by atoms with van der Waals surface area (Å²) in [5, 5.41) is 9.30. The van der Waals surface area contributed by atoms with Crippen molar-refractivity contribution in [2.24, 2.45) is 0 Å². The van der Waals surface area contributed by atoms with Gasteiger partial charge in [0.15, 0.2) is 6.10 Å². The van der Waals surface area contributed by atoms with Gasteiger partial charge in [-0.1, -0.05) is 31.4 Å². The predicted molar refractivity (Wildman–Crippen MR) is 106 cm³/mol. The molecule has 8 heteroatoms. The van der Waals surface area contributed by atoms with Gasteiger partial charge in [-0.3, -0.25) is 9.59 Å². The first-order valence-electron chi connectivity index (χ1n) is 9.84. The Bertz CT molecular complexity index is 854. The van der Waals surface area contributed by atoms with Crippen LogP contribution in [0, 0.1) is 5.82 Å². The van der Waals surface area contributed by atoms with Crippen molar-refractivity contribution in [3.63, 3.8) is 0 Å². The summed E-state index contributed by atoms with van der Waals surface area (Å²) >= 11 is 6.06. The third-order valence-electron chi connectivity index (χ3n) is 5.25. The number of rotatable bonds is 8. The molecule has 1 aromatic carbocycles. The van der Waals surface area contributed by atoms with E-state index in [2.05, 4.69) is 0 Å². The van der Waals surface area contributed by atoms with Crippen molar-refractivity contribution in [2.75, 3.05) is 4.90 Å². The average molecular weight is 424 g/mol. The van der Waals surface area contributed by atoms with Gasteiger partial charge in [-0.05, 0) is 44.6 Å². The minimum absolute atomic E-state index is 0.0718. The molecular weight excluding hydrogens is 401 g/mol. The van der Waals surface area contributed by atoms with Crippen LogP contribution in [0.15, 0.2) is 23.3 Å². The minimum atomic E-state index is -1.16. The van der Waals surface area contributed by atoms with E-state index < -0.39 is 29.7 Å². The van der Waals surface area contributed by atoms with E-state index in [-0.39, 0.29) is 22.9 Å². The molecule has 1 aliphatic heterocycles. The van der Waals surface area contributed by atoms with Gasteiger partial charge in [0.05, 0.1) is 10.7 Å². The molecule has 6 nitrogen and oxygen atoms in total. The van der Waals surface area contributed by atoms with Gasteiger partial charge in [0.25, 0.3) is 11.8 Å². The lowest BCUT2D eigenvalue weighted by atomic mass is 9.93. The first kappa shape index (κ1) is 21.3. The van der Waals surface area contributed by atoms with Crippen LogP contribution in [0.2, 0.25) is 5.02 Å². The van der Waals surface area contributed by atoms with E-state index in [1.54, 1.807) is 0 Å². The Hall–Kier alpha value is -2.41. The Morgan fingerprint density at radius 1 is 1.21 bits per heavy atom. The van der Waals surface area contributed by atoms with E-state index in [4.69, 9.17) is 16.3 Å². The van der Waals surface area contributed by atoms with E-state index in [9.17, 15) is 23.9 Å². The summed E-state index contributed by atoms with van der Waals surface area (Å²) in [7, 11) is 0. The molecule has 0 radical (unpaired) electrons. The SMILES string of the molecule is CCCCCC(Oc1cc(N2C(=O)C3=C(CCCC3)C2=O)c(F)cc1Cl)C(=O)O. The van der Waals surface area contributed by atoms with E-state index in [1.807, 2.05) is 6.92 Å². The normalized spacial score (nSPS) is 17.6. The fourth-order valence-electron chi connectivity index (χ4n) is 3.70. The maximum Gasteiger partial charge on any atom is 0.344 e. The molecule has 0 saturated carbocycles. The molecule has 0 bridgehead atoms. The van der Waals surface area contributed by atoms with Crippen LogP contribution >= 0.6 is 11.6 Å². The highest BCUT2D eigenvalue weighted by molar-refractivity contribution is 6.34. The number of imide groups is 1. The van der Waals surface area contributed by atoms with Crippen LogP contribution in [0.1, 0.15) is 58.3 Å². The van der Waals surface area contributed by atoms with E-state index >= 15 is 0 Å². The number of nitrogens with zero attached hydrogens (tertiary/aromatic N) is 1. The predicted octanol–water partition coefficient (Wildman–Crippen LogP) is 4.64. The van der Waals surface area contributed by atoms with Gasteiger partial charge < -0.3 is 9.84 Å². The van der Waals surface area contributed by atoms with Gasteiger partial charge >= 0.3 is 5.97 Å². The Labute approximate surface area is 173 Å². The highest BCUT2D eigenvalue weighted by Gasteiger charge is 2.41. The van der Waals surface area contributed by atoms with Crippen molar-refractivity contribution in [3.05, 3.63) is 34.1 Å². The fraction of sp³-hybridized carbons (Fsp3) is 0.476. The van der Waals surface area contributed by atoms with Crippen molar-refractivity contribution >= 4 is 35.1 Å². The zero-order chi connectivity index (χ0) is 21.1. The van der Waals surface area contributed by atoms with Crippen molar-refractivity contribution < 1.29 is 28.6 Å². The monoisotopic (exact) mass is 423 g/mol. The van der Waals surface area contributed by atoms with Gasteiger partial charge in [-0.25, -0.2) is 14.1 Å². The number of ether oxygens (including phenoxy) is 1. The number of carboxylic acid groups (broad SMARTS) is 1. The van der Waals surface area contributed by atoms with Crippen molar-refractivity contribution in [3.8, 4) is 5.75 Å². The Morgan fingerprint density at radius 2 is 1.83 bits per heavy atom. The molecule has 3 rings (SSSR count). The highest BCUT2D eigenvalue weighted by atomic mass is 35.5. The van der Waals surface area contributed by atoms with Crippen molar-refractivity contribution in [1.82, 2.24) is 0 Å². The lowest BCUT2D eigenvalue weighted by Gasteiger charge is -2.20. The topological polar surface area (TPSA) is 83.9 Å². The van der Waals surface area contributed by atoms with Crippen LogP contribution in [-0.4, -0.2) is 29.0 Å². The average Bonchev–Trinajstić information content (AvgIpc) is 2.94. The molecule has 1 heterocycles. The van der Waals surface area contributed by atoms with Crippen molar-refractivity contribution in [1.29, 1.82) is 0 Å². The van der Waals surface area contributed by atoms with Crippen LogP contribution in [0.5, 0.6) is 5.75 Å². The molecule has 0 spiro atoms. The summed E-state index contributed by atoms with van der Waals surface area (Å²) in [5.74, 6) is -3.14. The number of hydrogen-bond acceptors (Lipinski definition) is 4. The van der Waals surface area contributed by atoms with E-state index in [1.165, 1.54) is 0 Å². The largest absolute Gasteiger partial charge is 0.479 e. The van der Waals surface area contributed by atoms with Gasteiger partial charge in [-0.2, -0.15) is 0 Å². The third kappa shape index (κ3) is 4.29. The molecular formula is C21H23ClFNO5. The lowest BCUT2D eigenvalue weighted by molar-refractivity contribution is -0.145. The molecule has 0 fully saturated rings. The number of hydrogen-bond donors (Lipinski definition) is 1. The summed E-state index contributed by atoms with van der Waals surface area (Å²) in [6, 6.07) is 2.08. The molecule has 1 aromatic rings. The quantitative estimate of drug-likeness (QED) is 0.486. The minimum Gasteiger partial charge on any atom is -0.479 e. The first-order chi connectivity index (χ1) is 13.8. The molecule has 1 N–H and O–H groups in total. The maximum atomic E-state index is 14.6. The second-order valence-electron chi connectivity index (χ2n) is 7.28. The molecule has 1 unspecified atom stereocenters. The van der Waals surface area contributed by atoms with Gasteiger partial charge in [0.2, 0.25) is 0 Å². The number of unbranched alkanes of at least 4 members (excludes halogenated alkanes) is 2. The number of carbonyl (C=O) groups is 3. The Balaban J connectivity index is 1.89. The fourth-order valence-corrected chi connectivity index (χ4v) is 3.90. The third-order valence-corrected chi connectivity index (χ3v) is 5.54. The molecule has 2 aliphatic rings. The summed E-state index contributed by atoms with van der Waals surface area (Å²) < 4.78 is 20.2. The van der Waals surface area contributed by atoms with E-state index in [0.717, 1.165) is 42.7 Å². The van der Waals surface area contributed by atoms with Crippen LogP contribution in [0.25, 0.3) is 0 Å². The maximum absolute atomic E-state index is 14.6. The second kappa shape index (κ2) is 8.95. The standard InChI is InChI=1S/C21H23ClFNO5/c1-2-3-4-9-17(21(27)28)29-18-11-16(15(23)10-14(18)22)24-19(25)12-7-5-6-8-13(12)20(24)26/h10-11,17H,2-9H2,1H3,(H,27,28). The number of carbonyl (C=O) groups excluding carboxylic acids is 2. The molecule has 1 atom stereocenters. The summed E-state index contributed by atoms with van der Waals surface area (Å²) in [6.45, 7) is 2.00. The van der Waals surface area contributed by atoms with Crippen molar-refractivity contribution in [2.45, 2.75) is 64.4 Å². The zero-order valence-electron chi connectivity index (χ0n) is 16.2. The summed E-state index contributed by atoms with van der Waals surface area (Å²) in [5.41, 5.74) is 0.591. The number of benzene rings is 1.